The lowest BCUT2D eigenvalue weighted by atomic mass is 10.2. The molecule has 0 unspecified atom stereocenters. The van der Waals surface area contributed by atoms with Gasteiger partial charge in [-0.05, 0) is 47.0 Å². The maximum atomic E-state index is 10.0. The van der Waals surface area contributed by atoms with Gasteiger partial charge in [-0.1, -0.05) is 12.1 Å². The number of aromatic nitrogens is 1. The number of pyridine rings is 1. The number of aromatic hydroxyl groups is 1. The van der Waals surface area contributed by atoms with Crippen molar-refractivity contribution in [3.63, 3.8) is 0 Å². The molecule has 1 aliphatic heterocycles. The first-order valence-electron chi connectivity index (χ1n) is 7.16. The first kappa shape index (κ1) is 14.2. The van der Waals surface area contributed by atoms with E-state index in [1.54, 1.807) is 0 Å². The van der Waals surface area contributed by atoms with E-state index in [2.05, 4.69) is 31.1 Å². The van der Waals surface area contributed by atoms with Crippen LogP contribution in [0.15, 0.2) is 41.0 Å². The largest absolute Gasteiger partial charge is 0.506 e. The highest BCUT2D eigenvalue weighted by atomic mass is 79.9. The average molecular weight is 348 g/mol. The molecule has 0 saturated carbocycles. The van der Waals surface area contributed by atoms with Gasteiger partial charge in [-0.15, -0.1) is 0 Å². The minimum absolute atomic E-state index is 0.289. The molecular weight excluding hydrogens is 330 g/mol. The number of hydrogen-bond donors (Lipinski definition) is 2. The Morgan fingerprint density at radius 1 is 1.19 bits per heavy atom. The third-order valence-corrected chi connectivity index (χ3v) is 4.37. The fourth-order valence-corrected chi connectivity index (χ4v) is 3.02. The molecule has 5 heteroatoms. The van der Waals surface area contributed by atoms with Gasteiger partial charge in [0.1, 0.15) is 5.75 Å². The van der Waals surface area contributed by atoms with Crippen molar-refractivity contribution < 1.29 is 5.11 Å². The van der Waals surface area contributed by atoms with Crippen LogP contribution in [0.2, 0.25) is 0 Å². The van der Waals surface area contributed by atoms with E-state index in [4.69, 9.17) is 0 Å². The number of nitrogens with one attached hydrogen (secondary N) is 1. The van der Waals surface area contributed by atoms with Gasteiger partial charge in [0, 0.05) is 31.4 Å². The summed E-state index contributed by atoms with van der Waals surface area (Å²) in [4.78, 5) is 6.81. The van der Waals surface area contributed by atoms with E-state index in [0.717, 1.165) is 30.2 Å². The van der Waals surface area contributed by atoms with Gasteiger partial charge < -0.3 is 15.3 Å². The predicted octanol–water partition coefficient (Wildman–Crippen LogP) is 3.76. The minimum Gasteiger partial charge on any atom is -0.506 e. The van der Waals surface area contributed by atoms with Crippen LogP contribution in [0, 0.1) is 0 Å². The molecule has 2 N–H and O–H groups in total. The second-order valence-electron chi connectivity index (χ2n) is 5.17. The zero-order valence-corrected chi connectivity index (χ0v) is 13.3. The molecule has 0 atom stereocenters. The van der Waals surface area contributed by atoms with Crippen LogP contribution >= 0.6 is 15.9 Å². The zero-order chi connectivity index (χ0) is 14.7. The number of halogens is 1. The second kappa shape index (κ2) is 6.35. The molecule has 21 heavy (non-hydrogen) atoms. The van der Waals surface area contributed by atoms with Crippen molar-refractivity contribution in [3.8, 4) is 5.75 Å². The van der Waals surface area contributed by atoms with Crippen molar-refractivity contribution in [2.75, 3.05) is 23.3 Å². The highest BCUT2D eigenvalue weighted by Gasteiger charge is 2.16. The summed E-state index contributed by atoms with van der Waals surface area (Å²) in [6.07, 6.45) is 4.28. The standard InChI is InChI=1S/C16H18BrN3O/c17-13-6-3-5-12(15(13)21)11-19-14-7-4-8-18-16(14)20-9-1-2-10-20/h3-8,19,21H,1-2,9-11H2. The number of nitrogens with zero attached hydrogens (tertiary/aromatic N) is 2. The maximum absolute atomic E-state index is 10.0. The molecule has 1 aromatic heterocycles. The molecule has 110 valence electrons. The Morgan fingerprint density at radius 2 is 2.00 bits per heavy atom. The van der Waals surface area contributed by atoms with E-state index >= 15 is 0 Å². The van der Waals surface area contributed by atoms with Crippen LogP contribution in [0.5, 0.6) is 5.75 Å². The Kier molecular flexibility index (Phi) is 4.29. The average Bonchev–Trinajstić information content (AvgIpc) is 3.03. The molecule has 3 rings (SSSR count). The Hall–Kier alpha value is -1.75. The molecule has 0 amide bonds. The summed E-state index contributed by atoms with van der Waals surface area (Å²) in [6.45, 7) is 2.69. The lowest BCUT2D eigenvalue weighted by Crippen LogP contribution is -2.20. The van der Waals surface area contributed by atoms with E-state index in [-0.39, 0.29) is 5.75 Å². The van der Waals surface area contributed by atoms with Gasteiger partial charge in [-0.3, -0.25) is 0 Å². The van der Waals surface area contributed by atoms with Crippen LogP contribution in [0.1, 0.15) is 18.4 Å². The van der Waals surface area contributed by atoms with Crippen molar-refractivity contribution in [1.82, 2.24) is 4.98 Å². The van der Waals surface area contributed by atoms with Gasteiger partial charge in [0.15, 0.2) is 5.82 Å². The lowest BCUT2D eigenvalue weighted by Gasteiger charge is -2.20. The summed E-state index contributed by atoms with van der Waals surface area (Å²) >= 11 is 3.34. The van der Waals surface area contributed by atoms with Crippen molar-refractivity contribution >= 4 is 27.4 Å². The third kappa shape index (κ3) is 3.13. The fraction of sp³-hybridized carbons (Fsp3) is 0.312. The summed E-state index contributed by atoms with van der Waals surface area (Å²) in [7, 11) is 0. The van der Waals surface area contributed by atoms with Crippen LogP contribution in [0.25, 0.3) is 0 Å². The van der Waals surface area contributed by atoms with Gasteiger partial charge >= 0.3 is 0 Å². The molecule has 0 aliphatic carbocycles. The van der Waals surface area contributed by atoms with Gasteiger partial charge in [0.2, 0.25) is 0 Å². The van der Waals surface area contributed by atoms with Crippen molar-refractivity contribution in [2.24, 2.45) is 0 Å². The van der Waals surface area contributed by atoms with E-state index in [9.17, 15) is 5.11 Å². The first-order valence-corrected chi connectivity index (χ1v) is 7.95. The van der Waals surface area contributed by atoms with Gasteiger partial charge in [0.05, 0.1) is 10.2 Å². The molecule has 1 saturated heterocycles. The molecule has 2 aromatic rings. The fourth-order valence-electron chi connectivity index (χ4n) is 2.61. The molecule has 0 spiro atoms. The molecule has 1 aromatic carbocycles. The highest BCUT2D eigenvalue weighted by Crippen LogP contribution is 2.30. The van der Waals surface area contributed by atoms with Crippen molar-refractivity contribution in [1.29, 1.82) is 0 Å². The van der Waals surface area contributed by atoms with Crippen LogP contribution in [0.4, 0.5) is 11.5 Å². The first-order chi connectivity index (χ1) is 10.3. The van der Waals surface area contributed by atoms with E-state index in [0.29, 0.717) is 11.0 Å². The van der Waals surface area contributed by atoms with Crippen molar-refractivity contribution in [3.05, 3.63) is 46.6 Å². The lowest BCUT2D eigenvalue weighted by molar-refractivity contribution is 0.465. The molecule has 0 bridgehead atoms. The molecule has 2 heterocycles. The number of hydrogen-bond acceptors (Lipinski definition) is 4. The summed E-state index contributed by atoms with van der Waals surface area (Å²) in [5.41, 5.74) is 1.87. The van der Waals surface area contributed by atoms with Gasteiger partial charge in [-0.2, -0.15) is 0 Å². The van der Waals surface area contributed by atoms with E-state index < -0.39 is 0 Å². The number of phenolic OH excluding ortho intramolecular Hbond substituents is 1. The number of anilines is 2. The van der Waals surface area contributed by atoms with Gasteiger partial charge in [-0.25, -0.2) is 4.98 Å². The number of phenols is 1. The summed E-state index contributed by atoms with van der Waals surface area (Å²) in [5, 5.41) is 13.4. The normalized spacial score (nSPS) is 14.4. The second-order valence-corrected chi connectivity index (χ2v) is 6.02. The zero-order valence-electron chi connectivity index (χ0n) is 11.7. The monoisotopic (exact) mass is 347 g/mol. The van der Waals surface area contributed by atoms with Crippen LogP contribution in [-0.2, 0) is 6.54 Å². The number of para-hydroxylation sites is 1. The highest BCUT2D eigenvalue weighted by molar-refractivity contribution is 9.10. The topological polar surface area (TPSA) is 48.4 Å². The Balaban J connectivity index is 1.77. The third-order valence-electron chi connectivity index (χ3n) is 3.73. The summed E-state index contributed by atoms with van der Waals surface area (Å²) < 4.78 is 0.716. The van der Waals surface area contributed by atoms with Crippen LogP contribution < -0.4 is 10.2 Å². The number of rotatable bonds is 4. The quantitative estimate of drug-likeness (QED) is 0.883. The molecule has 1 aliphatic rings. The van der Waals surface area contributed by atoms with Crippen molar-refractivity contribution in [2.45, 2.75) is 19.4 Å². The molecular formula is C16H18BrN3O. The SMILES string of the molecule is Oc1c(Br)cccc1CNc1cccnc1N1CCCC1. The van der Waals surface area contributed by atoms with E-state index in [1.165, 1.54) is 12.8 Å². The van der Waals surface area contributed by atoms with Crippen LogP contribution in [-0.4, -0.2) is 23.2 Å². The summed E-state index contributed by atoms with van der Waals surface area (Å²) in [6, 6.07) is 9.64. The Bertz CT molecular complexity index is 627. The predicted molar refractivity (Wildman–Crippen MR) is 88.8 cm³/mol. The van der Waals surface area contributed by atoms with E-state index in [1.807, 2.05) is 36.5 Å². The Labute approximate surface area is 132 Å². The summed E-state index contributed by atoms with van der Waals surface area (Å²) in [5.74, 6) is 1.29. The smallest absolute Gasteiger partial charge is 0.151 e. The van der Waals surface area contributed by atoms with Crippen LogP contribution in [0.3, 0.4) is 0 Å². The Morgan fingerprint density at radius 3 is 2.81 bits per heavy atom. The van der Waals surface area contributed by atoms with Gasteiger partial charge in [0.25, 0.3) is 0 Å². The minimum atomic E-state index is 0.289. The maximum Gasteiger partial charge on any atom is 0.151 e. The molecule has 0 radical (unpaired) electrons. The molecule has 4 nitrogen and oxygen atoms in total. The molecule has 1 fully saturated rings. The number of benzene rings is 1.